The molecule has 0 aromatic heterocycles. The van der Waals surface area contributed by atoms with Crippen molar-refractivity contribution in [3.8, 4) is 5.75 Å². The lowest BCUT2D eigenvalue weighted by Crippen LogP contribution is -2.24. The average Bonchev–Trinajstić information content (AvgIpc) is 2.87. The van der Waals surface area contributed by atoms with Gasteiger partial charge in [-0.05, 0) is 92.7 Å². The van der Waals surface area contributed by atoms with Crippen molar-refractivity contribution in [2.75, 3.05) is 26.2 Å². The van der Waals surface area contributed by atoms with Gasteiger partial charge in [-0.2, -0.15) is 0 Å². The topological polar surface area (TPSA) is 35.5 Å². The quantitative estimate of drug-likeness (QED) is 0.516. The van der Waals surface area contributed by atoms with Gasteiger partial charge in [0.1, 0.15) is 5.75 Å². The number of likely N-dealkylation sites (tertiary alicyclic amines) is 1. The number of hydrogen-bond acceptors (Lipinski definition) is 3. The molecule has 1 aromatic carbocycles. The molecule has 6 heteroatoms. The van der Waals surface area contributed by atoms with Gasteiger partial charge in [-0.15, -0.1) is 24.8 Å². The molecular formula is C15H25Cl2IN2O. The highest BCUT2D eigenvalue weighted by molar-refractivity contribution is 14.1. The van der Waals surface area contributed by atoms with Crippen LogP contribution in [0.15, 0.2) is 12.1 Å². The van der Waals surface area contributed by atoms with Crippen molar-refractivity contribution in [1.29, 1.82) is 0 Å². The van der Waals surface area contributed by atoms with Crippen LogP contribution < -0.4 is 5.32 Å². The Labute approximate surface area is 153 Å². The molecule has 1 aromatic rings. The first-order valence-corrected chi connectivity index (χ1v) is 8.16. The number of rotatable bonds is 6. The molecule has 0 amide bonds. The number of aryl methyl sites for hydroxylation is 1. The number of phenolic OH excluding ortho intramolecular Hbond substituents is 1. The largest absolute Gasteiger partial charge is 0.507 e. The van der Waals surface area contributed by atoms with Crippen LogP contribution in [0.1, 0.15) is 30.4 Å². The number of nitrogens with zero attached hydrogens (tertiary/aromatic N) is 1. The predicted octanol–water partition coefficient (Wildman–Crippen LogP) is 3.72. The van der Waals surface area contributed by atoms with E-state index in [0.717, 1.165) is 24.2 Å². The normalized spacial score (nSPS) is 14.6. The Balaban J connectivity index is 0.00000200. The number of phenols is 1. The highest BCUT2D eigenvalue weighted by Gasteiger charge is 2.10. The van der Waals surface area contributed by atoms with Gasteiger partial charge in [0.2, 0.25) is 0 Å². The van der Waals surface area contributed by atoms with E-state index in [4.69, 9.17) is 0 Å². The van der Waals surface area contributed by atoms with Crippen molar-refractivity contribution in [1.82, 2.24) is 10.2 Å². The van der Waals surface area contributed by atoms with Crippen LogP contribution in [0.3, 0.4) is 0 Å². The molecule has 1 aliphatic rings. The Morgan fingerprint density at radius 2 is 1.90 bits per heavy atom. The summed E-state index contributed by atoms with van der Waals surface area (Å²) in [6, 6.07) is 4.06. The minimum Gasteiger partial charge on any atom is -0.507 e. The summed E-state index contributed by atoms with van der Waals surface area (Å²) in [6.07, 6.45) is 3.91. The SMILES string of the molecule is Cc1cc(I)cc(CNCCCN2CCCC2)c1O.Cl.Cl. The number of nitrogens with one attached hydrogen (secondary N) is 1. The fourth-order valence-corrected chi connectivity index (χ4v) is 3.44. The maximum Gasteiger partial charge on any atom is 0.123 e. The smallest absolute Gasteiger partial charge is 0.123 e. The van der Waals surface area contributed by atoms with Crippen molar-refractivity contribution in [3.05, 3.63) is 26.8 Å². The summed E-state index contributed by atoms with van der Waals surface area (Å²) in [5.41, 5.74) is 1.96. The van der Waals surface area contributed by atoms with Crippen LogP contribution in [0.25, 0.3) is 0 Å². The molecule has 1 saturated heterocycles. The van der Waals surface area contributed by atoms with E-state index in [-0.39, 0.29) is 24.8 Å². The number of benzene rings is 1. The second-order valence-electron chi connectivity index (χ2n) is 5.31. The Kier molecular flexibility index (Phi) is 11.0. The molecule has 0 atom stereocenters. The van der Waals surface area contributed by atoms with Crippen LogP contribution in [-0.4, -0.2) is 36.2 Å². The highest BCUT2D eigenvalue weighted by atomic mass is 127. The molecule has 0 radical (unpaired) electrons. The highest BCUT2D eigenvalue weighted by Crippen LogP contribution is 2.24. The van der Waals surface area contributed by atoms with Gasteiger partial charge < -0.3 is 15.3 Å². The van der Waals surface area contributed by atoms with Crippen LogP contribution in [0, 0.1) is 10.5 Å². The monoisotopic (exact) mass is 446 g/mol. The molecule has 0 aliphatic carbocycles. The fraction of sp³-hybridized carbons (Fsp3) is 0.600. The zero-order chi connectivity index (χ0) is 13.7. The van der Waals surface area contributed by atoms with Gasteiger partial charge in [-0.25, -0.2) is 0 Å². The molecule has 0 saturated carbocycles. The Morgan fingerprint density at radius 3 is 2.57 bits per heavy atom. The van der Waals surface area contributed by atoms with Gasteiger partial charge in [0.25, 0.3) is 0 Å². The molecule has 122 valence electrons. The first-order valence-electron chi connectivity index (χ1n) is 7.08. The zero-order valence-corrected chi connectivity index (χ0v) is 16.2. The van der Waals surface area contributed by atoms with Crippen LogP contribution in [0.5, 0.6) is 5.75 Å². The van der Waals surface area contributed by atoms with E-state index >= 15 is 0 Å². The molecule has 1 fully saturated rings. The summed E-state index contributed by atoms with van der Waals surface area (Å²) in [7, 11) is 0. The number of aromatic hydroxyl groups is 1. The number of halogens is 3. The van der Waals surface area contributed by atoms with Crippen LogP contribution >= 0.6 is 47.4 Å². The summed E-state index contributed by atoms with van der Waals surface area (Å²) in [5, 5.41) is 13.4. The molecule has 3 nitrogen and oxygen atoms in total. The van der Waals surface area contributed by atoms with E-state index < -0.39 is 0 Å². The Bertz CT molecular complexity index is 426. The third-order valence-corrected chi connectivity index (χ3v) is 4.31. The predicted molar refractivity (Wildman–Crippen MR) is 102 cm³/mol. The molecule has 1 heterocycles. The van der Waals surface area contributed by atoms with Gasteiger partial charge in [-0.3, -0.25) is 0 Å². The molecule has 0 bridgehead atoms. The first-order chi connectivity index (χ1) is 9.16. The molecule has 1 aliphatic heterocycles. The van der Waals surface area contributed by atoms with Crippen LogP contribution in [-0.2, 0) is 6.54 Å². The third-order valence-electron chi connectivity index (χ3n) is 3.69. The lowest BCUT2D eigenvalue weighted by Gasteiger charge is -2.14. The van der Waals surface area contributed by atoms with E-state index in [1.807, 2.05) is 13.0 Å². The third kappa shape index (κ3) is 6.91. The maximum absolute atomic E-state index is 10.00. The van der Waals surface area contributed by atoms with Crippen molar-refractivity contribution in [2.45, 2.75) is 32.7 Å². The minimum absolute atomic E-state index is 0. The minimum atomic E-state index is 0. The number of hydrogen-bond donors (Lipinski definition) is 2. The summed E-state index contributed by atoms with van der Waals surface area (Å²) in [5.74, 6) is 0.437. The van der Waals surface area contributed by atoms with Crippen LogP contribution in [0.2, 0.25) is 0 Å². The second-order valence-corrected chi connectivity index (χ2v) is 6.56. The van der Waals surface area contributed by atoms with Gasteiger partial charge in [0.15, 0.2) is 0 Å². The molecule has 21 heavy (non-hydrogen) atoms. The molecule has 0 unspecified atom stereocenters. The van der Waals surface area contributed by atoms with Crippen molar-refractivity contribution in [3.63, 3.8) is 0 Å². The van der Waals surface area contributed by atoms with Gasteiger partial charge >= 0.3 is 0 Å². The van der Waals surface area contributed by atoms with Gasteiger partial charge in [-0.1, -0.05) is 0 Å². The lowest BCUT2D eigenvalue weighted by atomic mass is 10.1. The molecule has 2 rings (SSSR count). The zero-order valence-electron chi connectivity index (χ0n) is 12.4. The summed E-state index contributed by atoms with van der Waals surface area (Å²) in [4.78, 5) is 2.54. The van der Waals surface area contributed by atoms with Gasteiger partial charge in [0, 0.05) is 15.7 Å². The van der Waals surface area contributed by atoms with Gasteiger partial charge in [0.05, 0.1) is 0 Å². The van der Waals surface area contributed by atoms with E-state index in [1.165, 1.54) is 42.5 Å². The van der Waals surface area contributed by atoms with Crippen molar-refractivity contribution < 1.29 is 5.11 Å². The van der Waals surface area contributed by atoms with E-state index in [9.17, 15) is 5.11 Å². The summed E-state index contributed by atoms with van der Waals surface area (Å²) >= 11 is 2.30. The van der Waals surface area contributed by atoms with E-state index in [0.29, 0.717) is 5.75 Å². The van der Waals surface area contributed by atoms with E-state index in [2.05, 4.69) is 38.9 Å². The first kappa shape index (κ1) is 21.2. The maximum atomic E-state index is 10.00. The standard InChI is InChI=1S/C15H23IN2O.2ClH/c1-12-9-14(16)10-13(15(12)19)11-17-5-4-8-18-6-2-3-7-18;;/h9-10,17,19H,2-8,11H2,1H3;2*1H. The molecule has 0 spiro atoms. The molecule has 2 N–H and O–H groups in total. The molecular weight excluding hydrogens is 422 g/mol. The summed E-state index contributed by atoms with van der Waals surface area (Å²) in [6.45, 7) is 7.47. The average molecular weight is 447 g/mol. The van der Waals surface area contributed by atoms with E-state index in [1.54, 1.807) is 0 Å². The van der Waals surface area contributed by atoms with Crippen LogP contribution in [0.4, 0.5) is 0 Å². The lowest BCUT2D eigenvalue weighted by molar-refractivity contribution is 0.331. The Morgan fingerprint density at radius 1 is 1.24 bits per heavy atom. The Hall–Kier alpha value is 0.250. The summed E-state index contributed by atoms with van der Waals surface area (Å²) < 4.78 is 1.18. The van der Waals surface area contributed by atoms with Crippen molar-refractivity contribution in [2.24, 2.45) is 0 Å². The van der Waals surface area contributed by atoms with Crippen molar-refractivity contribution >= 4 is 47.4 Å². The second kappa shape index (κ2) is 10.9. The fourth-order valence-electron chi connectivity index (χ4n) is 2.60.